The van der Waals surface area contributed by atoms with Crippen molar-refractivity contribution >= 4 is 0 Å². The maximum Gasteiger partial charge on any atom is 0.226 e. The number of oxazole rings is 1. The van der Waals surface area contributed by atoms with Crippen LogP contribution in [0.5, 0.6) is 0 Å². The van der Waals surface area contributed by atoms with E-state index in [1.807, 2.05) is 13.0 Å². The van der Waals surface area contributed by atoms with Crippen LogP contribution in [0.4, 0.5) is 4.39 Å². The van der Waals surface area contributed by atoms with Gasteiger partial charge in [-0.2, -0.15) is 0 Å². The molecule has 3 aromatic rings. The van der Waals surface area contributed by atoms with Crippen molar-refractivity contribution in [2.75, 3.05) is 27.2 Å². The minimum Gasteiger partial charge on any atom is -0.444 e. The number of nitrogens with zero attached hydrogens (tertiary/aromatic N) is 3. The number of aromatic nitrogens is 1. The molecule has 5 heteroatoms. The molecule has 2 heterocycles. The number of hydrogen-bond acceptors (Lipinski definition) is 4. The van der Waals surface area contributed by atoms with Gasteiger partial charge in [0.05, 0.1) is 5.69 Å². The number of halogens is 1. The molecule has 0 N–H and O–H groups in total. The van der Waals surface area contributed by atoms with Crippen molar-refractivity contribution in [2.45, 2.75) is 37.8 Å². The van der Waals surface area contributed by atoms with Gasteiger partial charge in [-0.25, -0.2) is 9.37 Å². The van der Waals surface area contributed by atoms with E-state index < -0.39 is 0 Å². The first-order valence-corrected chi connectivity index (χ1v) is 10.7. The number of aryl methyl sites for hydroxylation is 2. The maximum absolute atomic E-state index is 14.6. The van der Waals surface area contributed by atoms with Crippen molar-refractivity contribution in [3.05, 3.63) is 76.9 Å². The van der Waals surface area contributed by atoms with Gasteiger partial charge in [0.15, 0.2) is 0 Å². The van der Waals surface area contributed by atoms with Crippen LogP contribution in [0.25, 0.3) is 11.5 Å². The predicted molar refractivity (Wildman–Crippen MR) is 116 cm³/mol. The molecule has 1 aromatic heterocycles. The second-order valence-electron chi connectivity index (χ2n) is 8.87. The molecule has 156 valence electrons. The lowest BCUT2D eigenvalue weighted by Crippen LogP contribution is -2.35. The Morgan fingerprint density at radius 2 is 1.90 bits per heavy atom. The highest BCUT2D eigenvalue weighted by Gasteiger charge is 2.41. The molecule has 1 saturated heterocycles. The first kappa shape index (κ1) is 19.5. The lowest BCUT2D eigenvalue weighted by molar-refractivity contribution is 0.213. The molecule has 5 rings (SSSR count). The summed E-state index contributed by atoms with van der Waals surface area (Å²) in [7, 11) is 4.29. The third kappa shape index (κ3) is 3.36. The van der Waals surface area contributed by atoms with E-state index in [0.29, 0.717) is 17.9 Å². The highest BCUT2D eigenvalue weighted by Crippen LogP contribution is 2.42. The van der Waals surface area contributed by atoms with Crippen LogP contribution in [-0.4, -0.2) is 48.0 Å². The minimum atomic E-state index is -0.0505. The van der Waals surface area contributed by atoms with Crippen LogP contribution in [0.15, 0.2) is 53.1 Å². The summed E-state index contributed by atoms with van der Waals surface area (Å²) in [5, 5.41) is 0. The normalized spacial score (nSPS) is 24.0. The van der Waals surface area contributed by atoms with E-state index in [1.54, 1.807) is 12.3 Å². The van der Waals surface area contributed by atoms with Gasteiger partial charge in [0.1, 0.15) is 12.1 Å². The van der Waals surface area contributed by atoms with E-state index in [-0.39, 0.29) is 11.9 Å². The second kappa shape index (κ2) is 7.64. The van der Waals surface area contributed by atoms with Gasteiger partial charge in [-0.05, 0) is 63.2 Å². The van der Waals surface area contributed by atoms with Crippen LogP contribution >= 0.6 is 0 Å². The van der Waals surface area contributed by atoms with Crippen LogP contribution in [0.1, 0.15) is 40.8 Å². The standard InChI is InChI=1S/C25H28FN3O/c1-16-15-30-25(27-16)19-9-7-17(8-10-19)20-13-29(14-23(20)28(2)3)22-12-11-18-5-4-6-21(26)24(18)22/h4-10,15,20,22-23H,11-14H2,1-3H3/t20-,22?,23+/m0/s1. The van der Waals surface area contributed by atoms with Crippen LogP contribution in [0, 0.1) is 12.7 Å². The predicted octanol–water partition coefficient (Wildman–Crippen LogP) is 4.81. The topological polar surface area (TPSA) is 32.5 Å². The van der Waals surface area contributed by atoms with Gasteiger partial charge >= 0.3 is 0 Å². The summed E-state index contributed by atoms with van der Waals surface area (Å²) < 4.78 is 20.2. The van der Waals surface area contributed by atoms with Gasteiger partial charge in [0, 0.05) is 42.2 Å². The molecule has 1 unspecified atom stereocenters. The van der Waals surface area contributed by atoms with Crippen molar-refractivity contribution in [1.29, 1.82) is 0 Å². The molecular weight excluding hydrogens is 377 g/mol. The largest absolute Gasteiger partial charge is 0.444 e. The molecule has 0 radical (unpaired) electrons. The molecule has 0 saturated carbocycles. The molecule has 2 aliphatic rings. The monoisotopic (exact) mass is 405 g/mol. The van der Waals surface area contributed by atoms with E-state index in [1.165, 1.54) is 11.1 Å². The molecule has 30 heavy (non-hydrogen) atoms. The Kier molecular flexibility index (Phi) is 4.95. The first-order valence-electron chi connectivity index (χ1n) is 10.7. The Hall–Kier alpha value is -2.50. The van der Waals surface area contributed by atoms with E-state index >= 15 is 0 Å². The maximum atomic E-state index is 14.6. The molecule has 1 aliphatic heterocycles. The molecule has 0 amide bonds. The van der Waals surface area contributed by atoms with E-state index in [0.717, 1.165) is 42.8 Å². The Morgan fingerprint density at radius 3 is 2.60 bits per heavy atom. The van der Waals surface area contributed by atoms with Gasteiger partial charge < -0.3 is 9.32 Å². The molecule has 4 nitrogen and oxygen atoms in total. The summed E-state index contributed by atoms with van der Waals surface area (Å²) in [6.07, 6.45) is 3.65. The van der Waals surface area contributed by atoms with Gasteiger partial charge in [-0.15, -0.1) is 0 Å². The average molecular weight is 406 g/mol. The fourth-order valence-corrected chi connectivity index (χ4v) is 5.26. The van der Waals surface area contributed by atoms with E-state index in [4.69, 9.17) is 4.42 Å². The molecule has 3 atom stereocenters. The van der Waals surface area contributed by atoms with Gasteiger partial charge in [-0.3, -0.25) is 4.90 Å². The van der Waals surface area contributed by atoms with E-state index in [9.17, 15) is 4.39 Å². The quantitative estimate of drug-likeness (QED) is 0.624. The summed E-state index contributed by atoms with van der Waals surface area (Å²) in [6, 6.07) is 14.7. The fraction of sp³-hybridized carbons (Fsp3) is 0.400. The zero-order valence-electron chi connectivity index (χ0n) is 17.8. The van der Waals surface area contributed by atoms with Crippen molar-refractivity contribution in [3.63, 3.8) is 0 Å². The van der Waals surface area contributed by atoms with Crippen molar-refractivity contribution in [1.82, 2.24) is 14.8 Å². The summed E-state index contributed by atoms with van der Waals surface area (Å²) in [4.78, 5) is 9.23. The molecule has 2 aromatic carbocycles. The SMILES string of the molecule is Cc1coc(-c2ccc([C@@H]3CN(C4CCc5cccc(F)c54)C[C@H]3N(C)C)cc2)n1. The van der Waals surface area contributed by atoms with Crippen molar-refractivity contribution in [3.8, 4) is 11.5 Å². The number of likely N-dealkylation sites (tertiary alicyclic amines) is 1. The molecule has 1 fully saturated rings. The third-order valence-corrected chi connectivity index (χ3v) is 6.79. The average Bonchev–Trinajstić information content (AvgIpc) is 3.46. The number of hydrogen-bond donors (Lipinski definition) is 0. The summed E-state index contributed by atoms with van der Waals surface area (Å²) in [6.45, 7) is 3.83. The summed E-state index contributed by atoms with van der Waals surface area (Å²) in [5.74, 6) is 0.996. The Balaban J connectivity index is 1.41. The van der Waals surface area contributed by atoms with Crippen LogP contribution in [-0.2, 0) is 6.42 Å². The highest BCUT2D eigenvalue weighted by molar-refractivity contribution is 5.54. The van der Waals surface area contributed by atoms with Gasteiger partial charge in [-0.1, -0.05) is 24.3 Å². The van der Waals surface area contributed by atoms with Crippen LogP contribution in [0.2, 0.25) is 0 Å². The van der Waals surface area contributed by atoms with E-state index in [2.05, 4.69) is 59.2 Å². The van der Waals surface area contributed by atoms with Gasteiger partial charge in [0.2, 0.25) is 5.89 Å². The zero-order chi connectivity index (χ0) is 20.8. The lowest BCUT2D eigenvalue weighted by Gasteiger charge is -2.26. The Morgan fingerprint density at radius 1 is 1.10 bits per heavy atom. The van der Waals surface area contributed by atoms with Gasteiger partial charge in [0.25, 0.3) is 0 Å². The molecule has 1 aliphatic carbocycles. The minimum absolute atomic E-state index is 0.0505. The van der Waals surface area contributed by atoms with Crippen molar-refractivity contribution in [2.24, 2.45) is 0 Å². The third-order valence-electron chi connectivity index (χ3n) is 6.79. The van der Waals surface area contributed by atoms with Crippen molar-refractivity contribution < 1.29 is 8.81 Å². The fourth-order valence-electron chi connectivity index (χ4n) is 5.26. The first-order chi connectivity index (χ1) is 14.5. The number of benzene rings is 2. The van der Waals surface area contributed by atoms with Crippen LogP contribution < -0.4 is 0 Å². The number of fused-ring (bicyclic) bond motifs is 1. The highest BCUT2D eigenvalue weighted by atomic mass is 19.1. The summed E-state index contributed by atoms with van der Waals surface area (Å²) >= 11 is 0. The molecular formula is C25H28FN3O. The summed E-state index contributed by atoms with van der Waals surface area (Å²) in [5.41, 5.74) is 5.29. The number of rotatable bonds is 4. The zero-order valence-corrected chi connectivity index (χ0v) is 17.8. The molecule has 0 bridgehead atoms. The smallest absolute Gasteiger partial charge is 0.226 e. The molecule has 0 spiro atoms. The Bertz CT molecular complexity index is 1040. The number of likely N-dealkylation sites (N-methyl/N-ethyl adjacent to an activating group) is 1. The second-order valence-corrected chi connectivity index (χ2v) is 8.87. The lowest BCUT2D eigenvalue weighted by atomic mass is 9.93. The van der Waals surface area contributed by atoms with Crippen LogP contribution in [0.3, 0.4) is 0 Å². The Labute approximate surface area is 177 Å².